The minimum Gasteiger partial charge on any atom is -0.374 e. The van der Waals surface area contributed by atoms with Crippen LogP contribution < -0.4 is 5.32 Å². The van der Waals surface area contributed by atoms with Crippen molar-refractivity contribution < 1.29 is 9.66 Å². The Balaban J connectivity index is 1.48. The number of rotatable bonds is 8. The molecule has 0 unspecified atom stereocenters. The van der Waals surface area contributed by atoms with Gasteiger partial charge in [0, 0.05) is 19.2 Å². The number of hydrogen-bond donors (Lipinski definition) is 1. The number of hydrogen-bond acceptors (Lipinski definition) is 6. The summed E-state index contributed by atoms with van der Waals surface area (Å²) in [5.74, 6) is 0.406. The molecule has 1 atom stereocenters. The van der Waals surface area contributed by atoms with E-state index in [1.165, 1.54) is 10.7 Å². The third-order valence-corrected chi connectivity index (χ3v) is 3.80. The minimum absolute atomic E-state index is 0.0456. The molecule has 0 spiro atoms. The molecular weight excluding hydrogens is 322 g/mol. The van der Waals surface area contributed by atoms with Crippen LogP contribution in [0.15, 0.2) is 48.7 Å². The summed E-state index contributed by atoms with van der Waals surface area (Å²) >= 11 is 0. The molecular formula is C17H19N5O3. The molecule has 0 radical (unpaired) electrons. The zero-order valence-corrected chi connectivity index (χ0v) is 13.8. The van der Waals surface area contributed by atoms with Gasteiger partial charge >= 0.3 is 5.82 Å². The lowest BCUT2D eigenvalue weighted by Gasteiger charge is -2.13. The molecule has 0 saturated heterocycles. The Hall–Kier alpha value is -3.00. The van der Waals surface area contributed by atoms with E-state index in [2.05, 4.69) is 15.4 Å². The van der Waals surface area contributed by atoms with Crippen LogP contribution in [0, 0.1) is 10.1 Å². The Morgan fingerprint density at radius 1 is 1.28 bits per heavy atom. The summed E-state index contributed by atoms with van der Waals surface area (Å²) in [5, 5.41) is 18.3. The highest BCUT2D eigenvalue weighted by Gasteiger charge is 2.15. The molecule has 3 aromatic rings. The Labute approximate surface area is 144 Å². The molecule has 3 rings (SSSR count). The predicted octanol–water partition coefficient (Wildman–Crippen LogP) is 3.22. The van der Waals surface area contributed by atoms with Gasteiger partial charge < -0.3 is 20.2 Å². The van der Waals surface area contributed by atoms with Gasteiger partial charge in [-0.2, -0.15) is 0 Å². The van der Waals surface area contributed by atoms with Crippen LogP contribution in [-0.2, 0) is 4.74 Å². The molecule has 0 aliphatic heterocycles. The van der Waals surface area contributed by atoms with Crippen molar-refractivity contribution in [3.8, 4) is 0 Å². The Bertz CT molecular complexity index is 850. The molecule has 0 fully saturated rings. The van der Waals surface area contributed by atoms with Gasteiger partial charge in [0.2, 0.25) is 5.65 Å². The van der Waals surface area contributed by atoms with Crippen LogP contribution in [0.1, 0.15) is 25.0 Å². The summed E-state index contributed by atoms with van der Waals surface area (Å²) in [6.45, 7) is 3.29. The van der Waals surface area contributed by atoms with Crippen LogP contribution in [0.25, 0.3) is 5.65 Å². The maximum Gasteiger partial charge on any atom is 0.368 e. The SMILES string of the molecule is C[C@@H](OCCCNc1ccc2ncc([N+](=O)[O-])n2n1)c1ccccc1. The normalized spacial score (nSPS) is 12.2. The fourth-order valence-corrected chi connectivity index (χ4v) is 2.45. The molecule has 1 aromatic carbocycles. The van der Waals surface area contributed by atoms with Crippen molar-refractivity contribution in [2.24, 2.45) is 0 Å². The van der Waals surface area contributed by atoms with Gasteiger partial charge in [-0.25, -0.2) is 4.98 Å². The van der Waals surface area contributed by atoms with E-state index in [1.807, 2.05) is 37.3 Å². The average Bonchev–Trinajstić information content (AvgIpc) is 3.05. The van der Waals surface area contributed by atoms with E-state index in [0.29, 0.717) is 24.6 Å². The topological polar surface area (TPSA) is 94.6 Å². The fourth-order valence-electron chi connectivity index (χ4n) is 2.45. The molecule has 2 heterocycles. The first-order valence-corrected chi connectivity index (χ1v) is 8.05. The largest absolute Gasteiger partial charge is 0.374 e. The van der Waals surface area contributed by atoms with Gasteiger partial charge in [0.1, 0.15) is 6.20 Å². The van der Waals surface area contributed by atoms with E-state index in [1.54, 1.807) is 12.1 Å². The number of nitro groups is 1. The molecule has 1 N–H and O–H groups in total. The molecule has 0 aliphatic rings. The molecule has 0 amide bonds. The van der Waals surface area contributed by atoms with Crippen molar-refractivity contribution in [3.63, 3.8) is 0 Å². The van der Waals surface area contributed by atoms with Gasteiger partial charge in [-0.3, -0.25) is 0 Å². The average molecular weight is 341 g/mol. The van der Waals surface area contributed by atoms with Gasteiger partial charge in [-0.15, -0.1) is 0 Å². The second kappa shape index (κ2) is 7.71. The molecule has 0 saturated carbocycles. The quantitative estimate of drug-likeness (QED) is 0.384. The van der Waals surface area contributed by atoms with Crippen LogP contribution in [0.4, 0.5) is 11.6 Å². The van der Waals surface area contributed by atoms with Crippen molar-refractivity contribution in [2.75, 3.05) is 18.5 Å². The third-order valence-electron chi connectivity index (χ3n) is 3.80. The predicted molar refractivity (Wildman–Crippen MR) is 93.6 cm³/mol. The summed E-state index contributed by atoms with van der Waals surface area (Å²) in [4.78, 5) is 14.4. The van der Waals surface area contributed by atoms with Crippen LogP contribution in [0.2, 0.25) is 0 Å². The van der Waals surface area contributed by atoms with Gasteiger partial charge in [-0.05, 0) is 29.9 Å². The fraction of sp³-hybridized carbons (Fsp3) is 0.294. The monoisotopic (exact) mass is 341 g/mol. The number of anilines is 1. The number of benzene rings is 1. The number of fused-ring (bicyclic) bond motifs is 1. The smallest absolute Gasteiger partial charge is 0.368 e. The van der Waals surface area contributed by atoms with E-state index < -0.39 is 4.92 Å². The lowest BCUT2D eigenvalue weighted by Crippen LogP contribution is -2.10. The second-order valence-corrected chi connectivity index (χ2v) is 5.57. The lowest BCUT2D eigenvalue weighted by molar-refractivity contribution is -0.391. The first-order chi connectivity index (χ1) is 12.1. The standard InChI is InChI=1S/C17H19N5O3/c1-13(14-6-3-2-4-7-14)25-11-5-10-18-15-8-9-16-19-12-17(22(23)24)21(16)20-15/h2-4,6-9,12-13H,5,10-11H2,1H3,(H,18,20)/t13-/m1/s1. The highest BCUT2D eigenvalue weighted by Crippen LogP contribution is 2.16. The molecule has 8 nitrogen and oxygen atoms in total. The van der Waals surface area contributed by atoms with E-state index in [9.17, 15) is 10.1 Å². The van der Waals surface area contributed by atoms with Gasteiger partial charge in [-0.1, -0.05) is 39.9 Å². The van der Waals surface area contributed by atoms with Gasteiger partial charge in [0.05, 0.1) is 6.10 Å². The second-order valence-electron chi connectivity index (χ2n) is 5.57. The van der Waals surface area contributed by atoms with Crippen molar-refractivity contribution in [1.82, 2.24) is 14.6 Å². The Morgan fingerprint density at radius 3 is 2.84 bits per heavy atom. The molecule has 130 valence electrons. The summed E-state index contributed by atoms with van der Waals surface area (Å²) in [5.41, 5.74) is 1.59. The highest BCUT2D eigenvalue weighted by atomic mass is 16.6. The molecule has 0 bridgehead atoms. The van der Waals surface area contributed by atoms with Crippen LogP contribution >= 0.6 is 0 Å². The van der Waals surface area contributed by atoms with Crippen LogP contribution in [0.3, 0.4) is 0 Å². The zero-order chi connectivity index (χ0) is 17.6. The third kappa shape index (κ3) is 4.10. The summed E-state index contributed by atoms with van der Waals surface area (Å²) in [6, 6.07) is 13.5. The number of nitrogens with zero attached hydrogens (tertiary/aromatic N) is 4. The number of ether oxygens (including phenoxy) is 1. The lowest BCUT2D eigenvalue weighted by atomic mass is 10.1. The van der Waals surface area contributed by atoms with Crippen molar-refractivity contribution in [2.45, 2.75) is 19.4 Å². The highest BCUT2D eigenvalue weighted by molar-refractivity contribution is 5.48. The molecule has 2 aromatic heterocycles. The summed E-state index contributed by atoms with van der Waals surface area (Å²) < 4.78 is 7.03. The van der Waals surface area contributed by atoms with Crippen molar-refractivity contribution in [1.29, 1.82) is 0 Å². The van der Waals surface area contributed by atoms with Crippen LogP contribution in [-0.4, -0.2) is 32.7 Å². The Morgan fingerprint density at radius 2 is 2.08 bits per heavy atom. The first kappa shape index (κ1) is 16.8. The maximum atomic E-state index is 10.9. The van der Waals surface area contributed by atoms with Gasteiger partial charge in [0.25, 0.3) is 0 Å². The minimum atomic E-state index is -0.504. The Kier molecular flexibility index (Phi) is 5.20. The molecule has 0 aliphatic carbocycles. The zero-order valence-electron chi connectivity index (χ0n) is 13.8. The van der Waals surface area contributed by atoms with E-state index in [0.717, 1.165) is 12.0 Å². The van der Waals surface area contributed by atoms with Crippen LogP contribution in [0.5, 0.6) is 0 Å². The maximum absolute atomic E-state index is 10.9. The number of aromatic nitrogens is 3. The molecule has 25 heavy (non-hydrogen) atoms. The summed E-state index contributed by atoms with van der Waals surface area (Å²) in [7, 11) is 0. The number of imidazole rings is 1. The first-order valence-electron chi connectivity index (χ1n) is 8.05. The van der Waals surface area contributed by atoms with Gasteiger partial charge in [0.15, 0.2) is 5.82 Å². The van der Waals surface area contributed by atoms with Crippen molar-refractivity contribution in [3.05, 3.63) is 64.3 Å². The number of nitrogens with one attached hydrogen (secondary N) is 1. The van der Waals surface area contributed by atoms with E-state index in [4.69, 9.17) is 4.74 Å². The van der Waals surface area contributed by atoms with Crippen molar-refractivity contribution >= 4 is 17.3 Å². The van der Waals surface area contributed by atoms with E-state index >= 15 is 0 Å². The van der Waals surface area contributed by atoms with E-state index in [-0.39, 0.29) is 11.9 Å². The molecule has 8 heteroatoms. The summed E-state index contributed by atoms with van der Waals surface area (Å²) in [6.07, 6.45) is 2.04.